The molecule has 0 aromatic heterocycles. The van der Waals surface area contributed by atoms with Crippen molar-refractivity contribution in [3.8, 4) is 23.0 Å². The van der Waals surface area contributed by atoms with Crippen LogP contribution in [0.25, 0.3) is 0 Å². The molecular formula is C36H35N3O6. The molecule has 230 valence electrons. The highest BCUT2D eigenvalue weighted by molar-refractivity contribution is 6.11. The van der Waals surface area contributed by atoms with E-state index in [4.69, 9.17) is 18.9 Å². The zero-order valence-electron chi connectivity index (χ0n) is 25.3. The maximum absolute atomic E-state index is 14.7. The quantitative estimate of drug-likeness (QED) is 0.284. The minimum absolute atomic E-state index is 0.0111. The third-order valence-electron chi connectivity index (χ3n) is 8.94. The topological polar surface area (TPSA) is 80.8 Å². The van der Waals surface area contributed by atoms with Crippen LogP contribution in [0.2, 0.25) is 0 Å². The molecule has 2 amide bonds. The number of amides is 2. The van der Waals surface area contributed by atoms with E-state index < -0.39 is 12.0 Å². The van der Waals surface area contributed by atoms with Crippen molar-refractivity contribution < 1.29 is 28.5 Å². The maximum Gasteiger partial charge on any atom is 0.259 e. The highest BCUT2D eigenvalue weighted by Crippen LogP contribution is 2.46. The van der Waals surface area contributed by atoms with Gasteiger partial charge in [0.1, 0.15) is 11.5 Å². The van der Waals surface area contributed by atoms with Gasteiger partial charge in [-0.3, -0.25) is 19.4 Å². The summed E-state index contributed by atoms with van der Waals surface area (Å²) in [6.07, 6.45) is 0. The summed E-state index contributed by atoms with van der Waals surface area (Å²) in [6, 6.07) is 28.1. The van der Waals surface area contributed by atoms with Crippen molar-refractivity contribution in [2.24, 2.45) is 0 Å². The fraction of sp³-hybridized carbons (Fsp3) is 0.278. The van der Waals surface area contributed by atoms with Crippen molar-refractivity contribution in [2.45, 2.75) is 18.5 Å². The summed E-state index contributed by atoms with van der Waals surface area (Å²) < 4.78 is 21.8. The molecule has 9 nitrogen and oxygen atoms in total. The van der Waals surface area contributed by atoms with Crippen LogP contribution >= 0.6 is 0 Å². The second-order valence-electron chi connectivity index (χ2n) is 11.4. The van der Waals surface area contributed by atoms with Gasteiger partial charge in [-0.15, -0.1) is 0 Å². The Bertz CT molecular complexity index is 1700. The van der Waals surface area contributed by atoms with Gasteiger partial charge < -0.3 is 23.8 Å². The Balaban J connectivity index is 1.20. The molecule has 0 radical (unpaired) electrons. The summed E-state index contributed by atoms with van der Waals surface area (Å²) in [4.78, 5) is 35.0. The average Bonchev–Trinajstić information content (AvgIpc) is 3.57. The number of anilines is 1. The molecule has 0 bridgehead atoms. The zero-order valence-corrected chi connectivity index (χ0v) is 25.3. The molecule has 1 saturated heterocycles. The molecule has 0 aliphatic carbocycles. The van der Waals surface area contributed by atoms with E-state index in [1.165, 1.54) is 0 Å². The lowest BCUT2D eigenvalue weighted by atomic mass is 9.78. The number of benzene rings is 4. The number of methoxy groups -OCH3 is 2. The van der Waals surface area contributed by atoms with E-state index in [-0.39, 0.29) is 18.6 Å². The van der Waals surface area contributed by atoms with E-state index in [1.54, 1.807) is 19.1 Å². The Labute approximate surface area is 262 Å². The molecule has 0 N–H and O–H groups in total. The lowest BCUT2D eigenvalue weighted by molar-refractivity contribution is -0.135. The molecule has 2 atom stereocenters. The number of carbonyl (C=O) groups excluding carboxylic acids is 2. The van der Waals surface area contributed by atoms with Crippen molar-refractivity contribution in [3.05, 3.63) is 113 Å². The van der Waals surface area contributed by atoms with Crippen LogP contribution in [-0.4, -0.2) is 68.8 Å². The first-order valence-electron chi connectivity index (χ1n) is 15.1. The molecule has 9 heteroatoms. The number of carbonyl (C=O) groups is 2. The van der Waals surface area contributed by atoms with E-state index in [0.29, 0.717) is 35.8 Å². The Morgan fingerprint density at radius 2 is 1.47 bits per heavy atom. The largest absolute Gasteiger partial charge is 0.497 e. The number of hydrogen-bond acceptors (Lipinski definition) is 7. The van der Waals surface area contributed by atoms with Crippen LogP contribution in [0.15, 0.2) is 91.0 Å². The molecule has 3 aliphatic heterocycles. The Kier molecular flexibility index (Phi) is 7.77. The summed E-state index contributed by atoms with van der Waals surface area (Å²) in [5.74, 6) is 2.21. The van der Waals surface area contributed by atoms with Crippen molar-refractivity contribution in [1.82, 2.24) is 9.80 Å². The molecule has 1 fully saturated rings. The lowest BCUT2D eigenvalue weighted by Crippen LogP contribution is -2.53. The molecular weight excluding hydrogens is 570 g/mol. The molecule has 4 aromatic rings. The average molecular weight is 606 g/mol. The molecule has 4 aromatic carbocycles. The van der Waals surface area contributed by atoms with Crippen molar-refractivity contribution >= 4 is 17.5 Å². The van der Waals surface area contributed by atoms with Gasteiger partial charge in [-0.25, -0.2) is 0 Å². The SMILES string of the molecule is COc1ccc(C2C(C(=O)N3CCN(Cc4ccc5c(c4)OCO5)CC3)c3ccccc3C(=O)N2c2ccc(OC)cc2)cc1. The van der Waals surface area contributed by atoms with Crippen LogP contribution in [0.4, 0.5) is 5.69 Å². The number of rotatable bonds is 7. The minimum atomic E-state index is -0.602. The van der Waals surface area contributed by atoms with Gasteiger partial charge in [0.05, 0.1) is 26.2 Å². The molecule has 45 heavy (non-hydrogen) atoms. The maximum atomic E-state index is 14.7. The van der Waals surface area contributed by atoms with Crippen LogP contribution in [0.3, 0.4) is 0 Å². The number of ether oxygens (including phenoxy) is 4. The Hall–Kier alpha value is -5.02. The van der Waals surface area contributed by atoms with Gasteiger partial charge in [-0.05, 0) is 71.3 Å². The van der Waals surface area contributed by atoms with Crippen LogP contribution in [0.1, 0.15) is 39.0 Å². The number of piperazine rings is 1. The van der Waals surface area contributed by atoms with E-state index in [0.717, 1.165) is 47.8 Å². The summed E-state index contributed by atoms with van der Waals surface area (Å²) in [7, 11) is 3.23. The zero-order chi connectivity index (χ0) is 30.9. The monoisotopic (exact) mass is 605 g/mol. The third kappa shape index (κ3) is 5.44. The van der Waals surface area contributed by atoms with Crippen molar-refractivity contribution in [2.75, 3.05) is 52.1 Å². The molecule has 3 aliphatic rings. The predicted octanol–water partition coefficient (Wildman–Crippen LogP) is 5.26. The standard InChI is InChI=1S/C36H35N3O6/c1-42-27-12-8-25(9-13-27)34-33(29-5-3-4-6-30(29)35(40)39(34)26-10-14-28(43-2)15-11-26)36(41)38-19-17-37(18-20-38)22-24-7-16-31-32(21-24)45-23-44-31/h3-16,21,33-34H,17-20,22-23H2,1-2H3. The van der Waals surface area contributed by atoms with Gasteiger partial charge in [-0.1, -0.05) is 36.4 Å². The molecule has 3 heterocycles. The summed E-state index contributed by atoms with van der Waals surface area (Å²) in [5.41, 5.74) is 3.99. The second-order valence-corrected chi connectivity index (χ2v) is 11.4. The first-order valence-corrected chi connectivity index (χ1v) is 15.1. The first-order chi connectivity index (χ1) is 22.0. The van der Waals surface area contributed by atoms with Crippen LogP contribution < -0.4 is 23.8 Å². The normalized spacial score (nSPS) is 19.3. The first kappa shape index (κ1) is 28.7. The summed E-state index contributed by atoms with van der Waals surface area (Å²) in [6.45, 7) is 3.68. The summed E-state index contributed by atoms with van der Waals surface area (Å²) in [5, 5.41) is 0. The Morgan fingerprint density at radius 3 is 2.18 bits per heavy atom. The minimum Gasteiger partial charge on any atom is -0.497 e. The second kappa shape index (κ2) is 12.2. The fourth-order valence-electron chi connectivity index (χ4n) is 6.59. The highest BCUT2D eigenvalue weighted by atomic mass is 16.7. The van der Waals surface area contributed by atoms with Crippen LogP contribution in [0, 0.1) is 0 Å². The van der Waals surface area contributed by atoms with Crippen molar-refractivity contribution in [3.63, 3.8) is 0 Å². The Morgan fingerprint density at radius 1 is 0.800 bits per heavy atom. The summed E-state index contributed by atoms with van der Waals surface area (Å²) >= 11 is 0. The number of hydrogen-bond donors (Lipinski definition) is 0. The van der Waals surface area contributed by atoms with Gasteiger partial charge in [0.2, 0.25) is 12.7 Å². The van der Waals surface area contributed by atoms with Crippen molar-refractivity contribution in [1.29, 1.82) is 0 Å². The van der Waals surface area contributed by atoms with E-state index in [2.05, 4.69) is 11.0 Å². The van der Waals surface area contributed by atoms with Gasteiger partial charge in [0, 0.05) is 44.0 Å². The van der Waals surface area contributed by atoms with Gasteiger partial charge in [0.25, 0.3) is 5.91 Å². The van der Waals surface area contributed by atoms with Gasteiger partial charge in [-0.2, -0.15) is 0 Å². The van der Waals surface area contributed by atoms with E-state index in [1.807, 2.05) is 89.8 Å². The third-order valence-corrected chi connectivity index (χ3v) is 8.94. The fourth-order valence-corrected chi connectivity index (χ4v) is 6.59. The van der Waals surface area contributed by atoms with Gasteiger partial charge in [0.15, 0.2) is 11.5 Å². The van der Waals surface area contributed by atoms with E-state index in [9.17, 15) is 9.59 Å². The van der Waals surface area contributed by atoms with Crippen LogP contribution in [-0.2, 0) is 11.3 Å². The lowest BCUT2D eigenvalue weighted by Gasteiger charge is -2.44. The molecule has 0 saturated carbocycles. The van der Waals surface area contributed by atoms with Gasteiger partial charge >= 0.3 is 0 Å². The number of fused-ring (bicyclic) bond motifs is 2. The highest BCUT2D eigenvalue weighted by Gasteiger charge is 2.46. The smallest absolute Gasteiger partial charge is 0.259 e. The van der Waals surface area contributed by atoms with E-state index >= 15 is 0 Å². The molecule has 7 rings (SSSR count). The molecule has 0 spiro atoms. The van der Waals surface area contributed by atoms with Crippen LogP contribution in [0.5, 0.6) is 23.0 Å². The predicted molar refractivity (Wildman–Crippen MR) is 169 cm³/mol. The number of nitrogens with zero attached hydrogens (tertiary/aromatic N) is 3. The molecule has 2 unspecified atom stereocenters.